The van der Waals surface area contributed by atoms with Gasteiger partial charge in [-0.05, 0) is 30.5 Å². The molecule has 0 aliphatic carbocycles. The molecule has 0 saturated heterocycles. The summed E-state index contributed by atoms with van der Waals surface area (Å²) in [6, 6.07) is 8.09. The van der Waals surface area contributed by atoms with E-state index < -0.39 is 0 Å². The van der Waals surface area contributed by atoms with Gasteiger partial charge < -0.3 is 10.3 Å². The van der Waals surface area contributed by atoms with E-state index in [1.807, 2.05) is 18.2 Å². The molecule has 3 heteroatoms. The fourth-order valence-electron chi connectivity index (χ4n) is 1.79. The first-order valence-electron chi connectivity index (χ1n) is 4.68. The van der Waals surface area contributed by atoms with E-state index in [2.05, 4.69) is 17.6 Å². The van der Waals surface area contributed by atoms with Gasteiger partial charge in [0.15, 0.2) is 0 Å². The van der Waals surface area contributed by atoms with Gasteiger partial charge in [-0.1, -0.05) is 17.7 Å². The Kier molecular flexibility index (Phi) is 2.48. The van der Waals surface area contributed by atoms with Gasteiger partial charge >= 0.3 is 0 Å². The molecule has 1 aromatic heterocycles. The molecular weight excluding hydrogens is 196 g/mol. The smallest absolute Gasteiger partial charge is 0.0497 e. The lowest BCUT2D eigenvalue weighted by atomic mass is 10.2. The van der Waals surface area contributed by atoms with Gasteiger partial charge in [-0.25, -0.2) is 0 Å². The normalized spacial score (nSPS) is 11.1. The van der Waals surface area contributed by atoms with Crippen molar-refractivity contribution in [1.29, 1.82) is 0 Å². The minimum absolute atomic E-state index is 0.650. The second-order valence-electron chi connectivity index (χ2n) is 3.43. The number of fused-ring (bicyclic) bond motifs is 1. The first kappa shape index (κ1) is 9.56. The van der Waals surface area contributed by atoms with Crippen molar-refractivity contribution in [2.24, 2.45) is 5.73 Å². The van der Waals surface area contributed by atoms with Gasteiger partial charge in [0.05, 0.1) is 0 Å². The molecule has 2 aromatic rings. The number of aromatic nitrogens is 1. The summed E-state index contributed by atoms with van der Waals surface area (Å²) in [5, 5.41) is 1.99. The minimum atomic E-state index is 0.650. The quantitative estimate of drug-likeness (QED) is 0.808. The zero-order valence-electron chi connectivity index (χ0n) is 8.13. The average Bonchev–Trinajstić information content (AvgIpc) is 2.45. The van der Waals surface area contributed by atoms with E-state index in [9.17, 15) is 0 Å². The molecule has 14 heavy (non-hydrogen) atoms. The summed E-state index contributed by atoms with van der Waals surface area (Å²) in [6.07, 6.45) is 0. The third-order valence-electron chi connectivity index (χ3n) is 2.43. The van der Waals surface area contributed by atoms with Crippen molar-refractivity contribution in [3.63, 3.8) is 0 Å². The van der Waals surface area contributed by atoms with Crippen LogP contribution in [0, 0.1) is 6.92 Å². The highest BCUT2D eigenvalue weighted by Gasteiger charge is 2.04. The maximum atomic E-state index is 5.96. The molecule has 0 unspecified atom stereocenters. The van der Waals surface area contributed by atoms with E-state index in [1.54, 1.807) is 0 Å². The topological polar surface area (TPSA) is 30.9 Å². The van der Waals surface area contributed by atoms with Crippen LogP contribution in [0.25, 0.3) is 10.9 Å². The molecule has 1 heterocycles. The average molecular weight is 209 g/mol. The number of nitrogens with zero attached hydrogens (tertiary/aromatic N) is 1. The third kappa shape index (κ3) is 1.51. The van der Waals surface area contributed by atoms with Crippen molar-refractivity contribution in [3.8, 4) is 0 Å². The summed E-state index contributed by atoms with van der Waals surface area (Å²) in [7, 11) is 0. The fraction of sp³-hybridized carbons (Fsp3) is 0.273. The largest absolute Gasteiger partial charge is 0.344 e. The Labute approximate surface area is 88.3 Å². The van der Waals surface area contributed by atoms with Gasteiger partial charge in [-0.15, -0.1) is 0 Å². The van der Waals surface area contributed by atoms with E-state index in [0.29, 0.717) is 6.54 Å². The molecule has 0 aliphatic heterocycles. The number of aryl methyl sites for hydroxylation is 1. The van der Waals surface area contributed by atoms with Gasteiger partial charge in [-0.3, -0.25) is 0 Å². The predicted octanol–water partition coefficient (Wildman–Crippen LogP) is 2.56. The minimum Gasteiger partial charge on any atom is -0.344 e. The number of hydrogen-bond donors (Lipinski definition) is 1. The Balaban J connectivity index is 2.66. The van der Waals surface area contributed by atoms with Gasteiger partial charge in [0.2, 0.25) is 0 Å². The Bertz CT molecular complexity index is 460. The van der Waals surface area contributed by atoms with Crippen LogP contribution in [0.3, 0.4) is 0 Å². The first-order valence-corrected chi connectivity index (χ1v) is 5.05. The lowest BCUT2D eigenvalue weighted by molar-refractivity contribution is 0.715. The number of benzene rings is 1. The summed E-state index contributed by atoms with van der Waals surface area (Å²) in [4.78, 5) is 0. The van der Waals surface area contributed by atoms with Gasteiger partial charge in [0.1, 0.15) is 0 Å². The first-order chi connectivity index (χ1) is 6.72. The molecule has 0 spiro atoms. The summed E-state index contributed by atoms with van der Waals surface area (Å²) in [6.45, 7) is 3.58. The van der Waals surface area contributed by atoms with E-state index in [1.165, 1.54) is 16.6 Å². The summed E-state index contributed by atoms with van der Waals surface area (Å²) >= 11 is 5.96. The zero-order valence-corrected chi connectivity index (χ0v) is 8.88. The standard InChI is InChI=1S/C11H13ClN2/c1-8-6-9-2-3-10(12)7-11(9)14(8)5-4-13/h2-3,6-7H,4-5,13H2,1H3. The van der Waals surface area contributed by atoms with E-state index in [0.717, 1.165) is 11.6 Å². The molecule has 2 rings (SSSR count). The molecule has 0 radical (unpaired) electrons. The van der Waals surface area contributed by atoms with Crippen molar-refractivity contribution >= 4 is 22.5 Å². The van der Waals surface area contributed by atoms with Gasteiger partial charge in [0, 0.05) is 29.3 Å². The highest BCUT2D eigenvalue weighted by molar-refractivity contribution is 6.31. The molecule has 0 amide bonds. The number of halogens is 1. The molecule has 0 aliphatic rings. The summed E-state index contributed by atoms with van der Waals surface area (Å²) in [5.41, 5.74) is 7.96. The van der Waals surface area contributed by atoms with Crippen LogP contribution in [0.1, 0.15) is 5.69 Å². The maximum absolute atomic E-state index is 5.96. The van der Waals surface area contributed by atoms with Gasteiger partial charge in [-0.2, -0.15) is 0 Å². The van der Waals surface area contributed by atoms with Gasteiger partial charge in [0.25, 0.3) is 0 Å². The number of hydrogen-bond acceptors (Lipinski definition) is 1. The molecule has 1 aromatic carbocycles. The number of rotatable bonds is 2. The molecular formula is C11H13ClN2. The maximum Gasteiger partial charge on any atom is 0.0497 e. The number of nitrogens with two attached hydrogens (primary N) is 1. The Hall–Kier alpha value is -0.990. The summed E-state index contributed by atoms with van der Waals surface area (Å²) < 4.78 is 2.20. The van der Waals surface area contributed by atoms with Crippen molar-refractivity contribution in [2.45, 2.75) is 13.5 Å². The van der Waals surface area contributed by atoms with E-state index in [-0.39, 0.29) is 0 Å². The molecule has 0 fully saturated rings. The second-order valence-corrected chi connectivity index (χ2v) is 3.87. The highest BCUT2D eigenvalue weighted by Crippen LogP contribution is 2.22. The van der Waals surface area contributed by atoms with Crippen molar-refractivity contribution in [2.75, 3.05) is 6.54 Å². The van der Waals surface area contributed by atoms with Crippen LogP contribution < -0.4 is 5.73 Å². The molecule has 0 saturated carbocycles. The SMILES string of the molecule is Cc1cc2ccc(Cl)cc2n1CCN. The van der Waals surface area contributed by atoms with Crippen molar-refractivity contribution < 1.29 is 0 Å². The van der Waals surface area contributed by atoms with Crippen LogP contribution >= 0.6 is 11.6 Å². The van der Waals surface area contributed by atoms with Crippen LogP contribution in [-0.2, 0) is 6.54 Å². The lowest BCUT2D eigenvalue weighted by Crippen LogP contribution is -2.10. The Morgan fingerprint density at radius 2 is 2.14 bits per heavy atom. The zero-order chi connectivity index (χ0) is 10.1. The van der Waals surface area contributed by atoms with Crippen LogP contribution in [0.5, 0.6) is 0 Å². The molecule has 0 bridgehead atoms. The Morgan fingerprint density at radius 1 is 1.36 bits per heavy atom. The fourth-order valence-corrected chi connectivity index (χ4v) is 1.96. The van der Waals surface area contributed by atoms with Crippen LogP contribution in [0.2, 0.25) is 5.02 Å². The van der Waals surface area contributed by atoms with Crippen LogP contribution in [0.15, 0.2) is 24.3 Å². The molecule has 2 N–H and O–H groups in total. The van der Waals surface area contributed by atoms with Crippen LogP contribution in [-0.4, -0.2) is 11.1 Å². The van der Waals surface area contributed by atoms with Crippen LogP contribution in [0.4, 0.5) is 0 Å². The molecule has 0 atom stereocenters. The molecule has 2 nitrogen and oxygen atoms in total. The monoisotopic (exact) mass is 208 g/mol. The van der Waals surface area contributed by atoms with Crippen molar-refractivity contribution in [1.82, 2.24) is 4.57 Å². The Morgan fingerprint density at radius 3 is 2.86 bits per heavy atom. The summed E-state index contributed by atoms with van der Waals surface area (Å²) in [5.74, 6) is 0. The highest BCUT2D eigenvalue weighted by atomic mass is 35.5. The van der Waals surface area contributed by atoms with E-state index in [4.69, 9.17) is 17.3 Å². The van der Waals surface area contributed by atoms with E-state index >= 15 is 0 Å². The lowest BCUT2D eigenvalue weighted by Gasteiger charge is -2.05. The third-order valence-corrected chi connectivity index (χ3v) is 2.66. The van der Waals surface area contributed by atoms with Crippen molar-refractivity contribution in [3.05, 3.63) is 35.0 Å². The predicted molar refractivity (Wildman–Crippen MR) is 60.7 cm³/mol. The second kappa shape index (κ2) is 3.64. The molecule has 74 valence electrons.